The topological polar surface area (TPSA) is 49.8 Å². The van der Waals surface area contributed by atoms with E-state index in [0.29, 0.717) is 6.42 Å². The highest BCUT2D eigenvalue weighted by Crippen LogP contribution is 2.28. The van der Waals surface area contributed by atoms with Crippen LogP contribution in [0, 0.1) is 11.3 Å². The Labute approximate surface area is 88.3 Å². The normalized spacial score (nSPS) is 25.2. The summed E-state index contributed by atoms with van der Waals surface area (Å²) >= 11 is 5.89. The van der Waals surface area contributed by atoms with Crippen LogP contribution in [0.2, 0.25) is 5.02 Å². The van der Waals surface area contributed by atoms with Crippen LogP contribution in [-0.4, -0.2) is 5.54 Å². The number of hydrogen-bond donors (Lipinski definition) is 1. The molecule has 72 valence electrons. The number of benzene rings is 1. The number of halogens is 1. The van der Waals surface area contributed by atoms with E-state index >= 15 is 0 Å². The summed E-state index contributed by atoms with van der Waals surface area (Å²) in [5.41, 5.74) is 7.62. The lowest BCUT2D eigenvalue weighted by atomic mass is 9.80. The van der Waals surface area contributed by atoms with Crippen molar-refractivity contribution in [3.63, 3.8) is 0 Å². The van der Waals surface area contributed by atoms with Crippen LogP contribution in [0.25, 0.3) is 0 Å². The standard InChI is InChI=1S/C11H11ClN2/c12-10-2-1-9-6-11(14,7-13)4-3-8(9)5-10/h1-2,5H,3-4,6,14H2. The predicted octanol–water partition coefficient (Wildman–Crippen LogP) is 2.05. The van der Waals surface area contributed by atoms with Gasteiger partial charge in [-0.25, -0.2) is 0 Å². The smallest absolute Gasteiger partial charge is 0.108 e. The quantitative estimate of drug-likeness (QED) is 0.707. The predicted molar refractivity (Wildman–Crippen MR) is 56.0 cm³/mol. The Morgan fingerprint density at radius 1 is 1.43 bits per heavy atom. The van der Waals surface area contributed by atoms with Crippen LogP contribution in [0.3, 0.4) is 0 Å². The number of fused-ring (bicyclic) bond motifs is 1. The van der Waals surface area contributed by atoms with E-state index in [9.17, 15) is 0 Å². The number of rotatable bonds is 0. The van der Waals surface area contributed by atoms with Crippen molar-refractivity contribution in [2.45, 2.75) is 24.8 Å². The molecule has 1 aromatic rings. The van der Waals surface area contributed by atoms with Crippen LogP contribution in [0.15, 0.2) is 18.2 Å². The average Bonchev–Trinajstić information content (AvgIpc) is 2.19. The van der Waals surface area contributed by atoms with Gasteiger partial charge in [0.05, 0.1) is 6.07 Å². The van der Waals surface area contributed by atoms with Gasteiger partial charge in [0, 0.05) is 11.4 Å². The third-order valence-corrected chi connectivity index (χ3v) is 2.97. The van der Waals surface area contributed by atoms with Crippen molar-refractivity contribution < 1.29 is 0 Å². The molecule has 0 heterocycles. The lowest BCUT2D eigenvalue weighted by molar-refractivity contribution is 0.470. The molecule has 2 N–H and O–H groups in total. The fourth-order valence-electron chi connectivity index (χ4n) is 1.88. The Balaban J connectivity index is 2.37. The zero-order valence-corrected chi connectivity index (χ0v) is 8.51. The lowest BCUT2D eigenvalue weighted by Crippen LogP contribution is -2.43. The molecule has 2 nitrogen and oxygen atoms in total. The van der Waals surface area contributed by atoms with Crippen molar-refractivity contribution in [1.29, 1.82) is 5.26 Å². The van der Waals surface area contributed by atoms with Crippen LogP contribution in [0.5, 0.6) is 0 Å². The zero-order valence-electron chi connectivity index (χ0n) is 7.76. The molecule has 1 aliphatic rings. The molecule has 14 heavy (non-hydrogen) atoms. The van der Waals surface area contributed by atoms with E-state index in [4.69, 9.17) is 22.6 Å². The number of nitriles is 1. The third-order valence-electron chi connectivity index (χ3n) is 2.74. The van der Waals surface area contributed by atoms with Gasteiger partial charge in [-0.15, -0.1) is 0 Å². The number of aryl methyl sites for hydroxylation is 1. The summed E-state index contributed by atoms with van der Waals surface area (Å²) in [7, 11) is 0. The van der Waals surface area contributed by atoms with Crippen molar-refractivity contribution in [2.75, 3.05) is 0 Å². The lowest BCUT2D eigenvalue weighted by Gasteiger charge is -2.28. The van der Waals surface area contributed by atoms with Gasteiger partial charge in [-0.2, -0.15) is 5.26 Å². The zero-order chi connectivity index (χ0) is 10.2. The first-order chi connectivity index (χ1) is 6.63. The summed E-state index contributed by atoms with van der Waals surface area (Å²) in [5.74, 6) is 0. The third kappa shape index (κ3) is 1.61. The number of nitrogens with zero attached hydrogens (tertiary/aromatic N) is 1. The first kappa shape index (κ1) is 9.51. The fourth-order valence-corrected chi connectivity index (χ4v) is 2.08. The Kier molecular flexibility index (Phi) is 2.22. The number of nitrogens with two attached hydrogens (primary N) is 1. The van der Waals surface area contributed by atoms with Crippen LogP contribution in [0.4, 0.5) is 0 Å². The van der Waals surface area contributed by atoms with Gasteiger partial charge in [-0.05, 0) is 36.1 Å². The second kappa shape index (κ2) is 3.27. The average molecular weight is 207 g/mol. The van der Waals surface area contributed by atoms with Gasteiger partial charge >= 0.3 is 0 Å². The summed E-state index contributed by atoms with van der Waals surface area (Å²) in [4.78, 5) is 0. The molecule has 2 rings (SSSR count). The van der Waals surface area contributed by atoms with E-state index in [-0.39, 0.29) is 0 Å². The summed E-state index contributed by atoms with van der Waals surface area (Å²) < 4.78 is 0. The molecule has 0 spiro atoms. The van der Waals surface area contributed by atoms with E-state index in [0.717, 1.165) is 23.4 Å². The summed E-state index contributed by atoms with van der Waals surface area (Å²) in [6, 6.07) is 7.97. The molecule has 0 fully saturated rings. The van der Waals surface area contributed by atoms with Crippen molar-refractivity contribution in [2.24, 2.45) is 5.73 Å². The van der Waals surface area contributed by atoms with Crippen molar-refractivity contribution >= 4 is 11.6 Å². The van der Waals surface area contributed by atoms with Gasteiger partial charge in [-0.3, -0.25) is 0 Å². The van der Waals surface area contributed by atoms with E-state index < -0.39 is 5.54 Å². The van der Waals surface area contributed by atoms with E-state index in [2.05, 4.69) is 6.07 Å². The summed E-state index contributed by atoms with van der Waals surface area (Å²) in [5, 5.41) is 9.68. The van der Waals surface area contributed by atoms with Crippen molar-refractivity contribution in [3.05, 3.63) is 34.3 Å². The molecule has 1 atom stereocenters. The monoisotopic (exact) mass is 206 g/mol. The molecule has 0 amide bonds. The highest BCUT2D eigenvalue weighted by molar-refractivity contribution is 6.30. The van der Waals surface area contributed by atoms with E-state index in [1.165, 1.54) is 5.56 Å². The molecular formula is C11H11ClN2. The molecule has 1 aromatic carbocycles. The summed E-state index contributed by atoms with van der Waals surface area (Å²) in [6.45, 7) is 0. The largest absolute Gasteiger partial charge is 0.313 e. The molecule has 0 saturated carbocycles. The SMILES string of the molecule is N#CC1(N)CCc2cc(Cl)ccc2C1. The Morgan fingerprint density at radius 3 is 2.93 bits per heavy atom. The molecule has 0 bridgehead atoms. The molecule has 0 saturated heterocycles. The molecule has 0 radical (unpaired) electrons. The van der Waals surface area contributed by atoms with Crippen molar-refractivity contribution in [1.82, 2.24) is 0 Å². The van der Waals surface area contributed by atoms with Gasteiger partial charge in [-0.1, -0.05) is 17.7 Å². The van der Waals surface area contributed by atoms with Gasteiger partial charge in [0.1, 0.15) is 5.54 Å². The highest BCUT2D eigenvalue weighted by Gasteiger charge is 2.30. The van der Waals surface area contributed by atoms with E-state index in [1.807, 2.05) is 18.2 Å². The molecule has 1 aliphatic carbocycles. The van der Waals surface area contributed by atoms with Crippen LogP contribution in [-0.2, 0) is 12.8 Å². The first-order valence-corrected chi connectivity index (χ1v) is 4.98. The van der Waals surface area contributed by atoms with Crippen molar-refractivity contribution in [3.8, 4) is 6.07 Å². The Hall–Kier alpha value is -1.04. The van der Waals surface area contributed by atoms with E-state index in [1.54, 1.807) is 0 Å². The van der Waals surface area contributed by atoms with Crippen LogP contribution >= 0.6 is 11.6 Å². The second-order valence-corrected chi connectivity index (χ2v) is 4.29. The highest BCUT2D eigenvalue weighted by atomic mass is 35.5. The molecule has 1 unspecified atom stereocenters. The van der Waals surface area contributed by atoms with Gasteiger partial charge in [0.15, 0.2) is 0 Å². The molecular weight excluding hydrogens is 196 g/mol. The molecule has 3 heteroatoms. The van der Waals surface area contributed by atoms with Gasteiger partial charge in [0.25, 0.3) is 0 Å². The maximum absolute atomic E-state index is 8.93. The maximum Gasteiger partial charge on any atom is 0.108 e. The number of hydrogen-bond acceptors (Lipinski definition) is 2. The molecule has 0 aromatic heterocycles. The fraction of sp³-hybridized carbons (Fsp3) is 0.364. The second-order valence-electron chi connectivity index (χ2n) is 3.86. The van der Waals surface area contributed by atoms with Gasteiger partial charge < -0.3 is 5.73 Å². The molecule has 0 aliphatic heterocycles. The maximum atomic E-state index is 8.93. The van der Waals surface area contributed by atoms with Gasteiger partial charge in [0.2, 0.25) is 0 Å². The minimum absolute atomic E-state index is 0.635. The first-order valence-electron chi connectivity index (χ1n) is 4.60. The minimum atomic E-state index is -0.680. The minimum Gasteiger partial charge on any atom is -0.313 e. The summed E-state index contributed by atoms with van der Waals surface area (Å²) in [6.07, 6.45) is 2.20. The Morgan fingerprint density at radius 2 is 2.21 bits per heavy atom. The van der Waals surface area contributed by atoms with Crippen LogP contribution in [0.1, 0.15) is 17.5 Å². The van der Waals surface area contributed by atoms with Crippen LogP contribution < -0.4 is 5.73 Å². The Bertz CT molecular complexity index is 408.